The number of aromatic nitrogens is 4. The molecule has 3 heterocycles. The van der Waals surface area contributed by atoms with Crippen LogP contribution in [0.5, 0.6) is 0 Å². The molecule has 3 rings (SSSR count). The fourth-order valence-corrected chi connectivity index (χ4v) is 2.44. The Bertz CT molecular complexity index is 1120. The van der Waals surface area contributed by atoms with Gasteiger partial charge >= 0.3 is 5.69 Å². The number of H-pyrrole nitrogens is 2. The van der Waals surface area contributed by atoms with Gasteiger partial charge in [0.25, 0.3) is 17.7 Å². The lowest BCUT2D eigenvalue weighted by Gasteiger charge is -2.03. The van der Waals surface area contributed by atoms with E-state index in [9.17, 15) is 19.2 Å². The summed E-state index contributed by atoms with van der Waals surface area (Å²) < 4.78 is 1.24. The van der Waals surface area contributed by atoms with Crippen molar-refractivity contribution in [1.29, 1.82) is 0 Å². The number of nitrogens with two attached hydrogens (primary N) is 1. The van der Waals surface area contributed by atoms with Crippen LogP contribution in [0.3, 0.4) is 0 Å². The lowest BCUT2D eigenvalue weighted by Crippen LogP contribution is -2.26. The number of pyridine rings is 1. The lowest BCUT2D eigenvalue weighted by molar-refractivity contribution is 0.0946. The zero-order valence-electron chi connectivity index (χ0n) is 14.6. The van der Waals surface area contributed by atoms with E-state index < -0.39 is 17.5 Å². The van der Waals surface area contributed by atoms with Crippen molar-refractivity contribution in [2.75, 3.05) is 13.1 Å². The quantitative estimate of drug-likeness (QED) is 0.335. The Morgan fingerprint density at radius 2 is 1.75 bits per heavy atom. The van der Waals surface area contributed by atoms with E-state index in [0.29, 0.717) is 0 Å². The van der Waals surface area contributed by atoms with Crippen molar-refractivity contribution in [3.8, 4) is 0 Å². The minimum atomic E-state index is -0.648. The number of carbonyl (C=O) groups excluding carboxylic acids is 3. The minimum absolute atomic E-state index is 0.151. The molecule has 0 unspecified atom stereocenters. The zero-order valence-corrected chi connectivity index (χ0v) is 14.6. The van der Waals surface area contributed by atoms with Crippen LogP contribution in [-0.4, -0.2) is 50.4 Å². The van der Waals surface area contributed by atoms with Gasteiger partial charge in [-0.15, -0.1) is 0 Å². The highest BCUT2D eigenvalue weighted by Gasteiger charge is 2.12. The molecule has 11 heteroatoms. The topological polar surface area (TPSA) is 167 Å². The third-order valence-corrected chi connectivity index (χ3v) is 3.81. The van der Waals surface area contributed by atoms with E-state index in [0.717, 1.165) is 0 Å². The van der Waals surface area contributed by atoms with Crippen molar-refractivity contribution in [1.82, 2.24) is 30.2 Å². The van der Waals surface area contributed by atoms with Crippen LogP contribution in [0.2, 0.25) is 0 Å². The first-order valence-corrected chi connectivity index (χ1v) is 8.23. The molecule has 0 fully saturated rings. The van der Waals surface area contributed by atoms with Gasteiger partial charge in [0.05, 0.1) is 5.56 Å². The number of hydrogen-bond donors (Lipinski definition) is 5. The Morgan fingerprint density at radius 1 is 1.07 bits per heavy atom. The number of hydrogen-bond acceptors (Lipinski definition) is 5. The maximum Gasteiger partial charge on any atom is 0.347 e. The van der Waals surface area contributed by atoms with Crippen molar-refractivity contribution in [2.24, 2.45) is 5.73 Å². The number of nitrogens with one attached hydrogen (secondary N) is 4. The summed E-state index contributed by atoms with van der Waals surface area (Å²) in [4.78, 5) is 49.2. The SMILES string of the molecule is NC(=O)c1ccc(C(=O)NC/C=C/CNC(=O)c2cccn3c(=O)[nH]nc23)[nH]1. The Kier molecular flexibility index (Phi) is 5.35. The van der Waals surface area contributed by atoms with E-state index in [-0.39, 0.29) is 41.6 Å². The van der Waals surface area contributed by atoms with Gasteiger partial charge in [0, 0.05) is 19.3 Å². The molecule has 0 saturated carbocycles. The summed E-state index contributed by atoms with van der Waals surface area (Å²) >= 11 is 0. The molecule has 3 aromatic heterocycles. The summed E-state index contributed by atoms with van der Waals surface area (Å²) in [6.07, 6.45) is 4.84. The van der Waals surface area contributed by atoms with E-state index in [2.05, 4.69) is 25.8 Å². The van der Waals surface area contributed by atoms with Crippen molar-refractivity contribution < 1.29 is 14.4 Å². The molecule has 28 heavy (non-hydrogen) atoms. The van der Waals surface area contributed by atoms with Gasteiger partial charge in [0.2, 0.25) is 0 Å². The molecule has 0 aliphatic carbocycles. The summed E-state index contributed by atoms with van der Waals surface area (Å²) in [6, 6.07) is 6.02. The first kappa shape index (κ1) is 18.6. The van der Waals surface area contributed by atoms with Gasteiger partial charge in [-0.1, -0.05) is 12.2 Å². The molecular formula is C17H17N7O4. The molecule has 0 saturated heterocycles. The van der Waals surface area contributed by atoms with Gasteiger partial charge in [0.15, 0.2) is 5.65 Å². The van der Waals surface area contributed by atoms with Gasteiger partial charge in [-0.2, -0.15) is 5.10 Å². The molecule has 0 bridgehead atoms. The summed E-state index contributed by atoms with van der Waals surface area (Å²) in [5.41, 5.74) is 5.56. The number of carbonyl (C=O) groups is 3. The predicted octanol–water partition coefficient (Wildman–Crippen LogP) is -0.834. The fourth-order valence-electron chi connectivity index (χ4n) is 2.44. The van der Waals surface area contributed by atoms with Crippen molar-refractivity contribution in [3.63, 3.8) is 0 Å². The van der Waals surface area contributed by atoms with E-state index in [1.54, 1.807) is 24.3 Å². The van der Waals surface area contributed by atoms with Crippen molar-refractivity contribution in [2.45, 2.75) is 0 Å². The molecule has 0 aliphatic heterocycles. The van der Waals surface area contributed by atoms with Crippen molar-refractivity contribution >= 4 is 23.4 Å². The van der Waals surface area contributed by atoms with Crippen LogP contribution in [-0.2, 0) is 0 Å². The first-order chi connectivity index (χ1) is 13.5. The van der Waals surface area contributed by atoms with Gasteiger partial charge < -0.3 is 21.4 Å². The summed E-state index contributed by atoms with van der Waals surface area (Å²) in [7, 11) is 0. The van der Waals surface area contributed by atoms with Gasteiger partial charge in [-0.05, 0) is 24.3 Å². The van der Waals surface area contributed by atoms with E-state index >= 15 is 0 Å². The molecule has 0 radical (unpaired) electrons. The molecular weight excluding hydrogens is 366 g/mol. The van der Waals surface area contributed by atoms with Crippen molar-refractivity contribution in [3.05, 3.63) is 70.0 Å². The average molecular weight is 383 g/mol. The molecule has 0 spiro atoms. The van der Waals surface area contributed by atoms with Crippen LogP contribution in [0, 0.1) is 0 Å². The number of primary amides is 1. The maximum absolute atomic E-state index is 12.2. The lowest BCUT2D eigenvalue weighted by atomic mass is 10.2. The maximum atomic E-state index is 12.2. The highest BCUT2D eigenvalue weighted by Crippen LogP contribution is 2.05. The third-order valence-electron chi connectivity index (χ3n) is 3.81. The van der Waals surface area contributed by atoms with E-state index in [1.165, 1.54) is 22.7 Å². The number of amides is 3. The van der Waals surface area contributed by atoms with Crippen LogP contribution in [0.25, 0.3) is 5.65 Å². The largest absolute Gasteiger partial charge is 0.364 e. The smallest absolute Gasteiger partial charge is 0.347 e. The second-order valence-corrected chi connectivity index (χ2v) is 5.69. The first-order valence-electron chi connectivity index (χ1n) is 8.23. The van der Waals surface area contributed by atoms with E-state index in [4.69, 9.17) is 5.73 Å². The monoisotopic (exact) mass is 383 g/mol. The van der Waals surface area contributed by atoms with Gasteiger partial charge in [-0.25, -0.2) is 14.3 Å². The van der Waals surface area contributed by atoms with Crippen LogP contribution in [0.4, 0.5) is 0 Å². The highest BCUT2D eigenvalue weighted by molar-refractivity contribution is 5.99. The molecule has 6 N–H and O–H groups in total. The molecule has 0 aliphatic rings. The normalized spacial score (nSPS) is 11.0. The summed E-state index contributed by atoms with van der Waals surface area (Å²) in [5.74, 6) is -1.43. The third kappa shape index (κ3) is 3.98. The van der Waals surface area contributed by atoms with Gasteiger partial charge in [0.1, 0.15) is 11.4 Å². The highest BCUT2D eigenvalue weighted by atomic mass is 16.2. The van der Waals surface area contributed by atoms with Crippen LogP contribution >= 0.6 is 0 Å². The Labute approximate surface area is 157 Å². The number of rotatable bonds is 7. The second kappa shape index (κ2) is 8.03. The molecule has 0 atom stereocenters. The molecule has 3 amide bonds. The summed E-state index contributed by atoms with van der Waals surface area (Å²) in [6.45, 7) is 0.447. The average Bonchev–Trinajstić information content (AvgIpc) is 3.32. The Balaban J connectivity index is 1.47. The summed E-state index contributed by atoms with van der Waals surface area (Å²) in [5, 5.41) is 11.4. The second-order valence-electron chi connectivity index (χ2n) is 5.69. The van der Waals surface area contributed by atoms with Crippen LogP contribution in [0.1, 0.15) is 31.3 Å². The molecule has 144 valence electrons. The van der Waals surface area contributed by atoms with E-state index in [1.807, 2.05) is 0 Å². The Morgan fingerprint density at radius 3 is 2.43 bits per heavy atom. The predicted molar refractivity (Wildman–Crippen MR) is 98.9 cm³/mol. The molecule has 11 nitrogen and oxygen atoms in total. The zero-order chi connectivity index (χ0) is 20.1. The Hall–Kier alpha value is -4.15. The van der Waals surface area contributed by atoms with Gasteiger partial charge in [-0.3, -0.25) is 14.4 Å². The molecule has 0 aromatic carbocycles. The number of nitrogens with zero attached hydrogens (tertiary/aromatic N) is 2. The number of aromatic amines is 2. The molecule has 3 aromatic rings. The minimum Gasteiger partial charge on any atom is -0.364 e. The number of fused-ring (bicyclic) bond motifs is 1. The fraction of sp³-hybridized carbons (Fsp3) is 0.118. The van der Waals surface area contributed by atoms with Crippen LogP contribution in [0.15, 0.2) is 47.4 Å². The van der Waals surface area contributed by atoms with Crippen LogP contribution < -0.4 is 22.1 Å². The standard InChI is InChI=1S/C17H17N7O4/c18-13(25)11-5-6-12(21-11)16(27)20-8-2-1-7-19-15(26)10-4-3-9-24-14(10)22-23-17(24)28/h1-6,9,21H,7-8H2,(H2,18,25)(H,19,26)(H,20,27)(H,23,28)/b2-1+.